The number of carbonyl (C=O) groups excluding carboxylic acids is 2. The maximum Gasteiger partial charge on any atom is 0.319 e. The van der Waals surface area contributed by atoms with Crippen LogP contribution in [-0.4, -0.2) is 28.3 Å². The van der Waals surface area contributed by atoms with Gasteiger partial charge in [0.1, 0.15) is 0 Å². The molecule has 0 atom stereocenters. The molecule has 3 amide bonds. The summed E-state index contributed by atoms with van der Waals surface area (Å²) >= 11 is 0. The number of amides is 3. The van der Waals surface area contributed by atoms with Gasteiger partial charge in [0, 0.05) is 19.8 Å². The molecule has 4 N–H and O–H groups in total. The molecule has 1 rings (SSSR count). The number of primary amides is 1. The van der Waals surface area contributed by atoms with Crippen molar-refractivity contribution in [2.45, 2.75) is 13.3 Å². The second kappa shape index (κ2) is 5.15. The highest BCUT2D eigenvalue weighted by Crippen LogP contribution is 2.11. The molecular formula is C9H15N5O2. The molecule has 0 fully saturated rings. The molecule has 0 saturated heterocycles. The molecule has 0 bridgehead atoms. The van der Waals surface area contributed by atoms with E-state index in [4.69, 9.17) is 5.73 Å². The van der Waals surface area contributed by atoms with E-state index in [1.807, 2.05) is 6.92 Å². The van der Waals surface area contributed by atoms with Crippen LogP contribution in [0.25, 0.3) is 0 Å². The SMILES string of the molecule is CCCNC(=O)Nc1cn(C)nc1C(N)=O. The summed E-state index contributed by atoms with van der Waals surface area (Å²) in [4.78, 5) is 22.3. The number of anilines is 1. The van der Waals surface area contributed by atoms with Crippen LogP contribution in [0, 0.1) is 0 Å². The lowest BCUT2D eigenvalue weighted by molar-refractivity contribution is 0.0995. The van der Waals surface area contributed by atoms with Gasteiger partial charge in [0.2, 0.25) is 0 Å². The fraction of sp³-hybridized carbons (Fsp3) is 0.444. The molecule has 0 unspecified atom stereocenters. The van der Waals surface area contributed by atoms with E-state index >= 15 is 0 Å². The van der Waals surface area contributed by atoms with Gasteiger partial charge in [0.15, 0.2) is 5.69 Å². The number of rotatable bonds is 4. The van der Waals surface area contributed by atoms with Crippen molar-refractivity contribution in [2.24, 2.45) is 12.8 Å². The van der Waals surface area contributed by atoms with E-state index in [1.54, 1.807) is 7.05 Å². The maximum absolute atomic E-state index is 11.3. The van der Waals surface area contributed by atoms with E-state index < -0.39 is 5.91 Å². The second-order valence-corrected chi connectivity index (χ2v) is 3.31. The fourth-order valence-electron chi connectivity index (χ4n) is 1.17. The van der Waals surface area contributed by atoms with Gasteiger partial charge < -0.3 is 16.4 Å². The lowest BCUT2D eigenvalue weighted by atomic mass is 10.3. The predicted octanol–water partition coefficient (Wildman–Crippen LogP) is 0.0505. The predicted molar refractivity (Wildman–Crippen MR) is 59.0 cm³/mol. The number of carbonyl (C=O) groups is 2. The van der Waals surface area contributed by atoms with Gasteiger partial charge in [-0.15, -0.1) is 0 Å². The normalized spacial score (nSPS) is 9.88. The zero-order chi connectivity index (χ0) is 12.1. The Morgan fingerprint density at radius 2 is 2.25 bits per heavy atom. The number of aromatic nitrogens is 2. The first-order valence-electron chi connectivity index (χ1n) is 4.93. The van der Waals surface area contributed by atoms with Crippen molar-refractivity contribution >= 4 is 17.6 Å². The van der Waals surface area contributed by atoms with Crippen molar-refractivity contribution in [2.75, 3.05) is 11.9 Å². The molecule has 7 heteroatoms. The molecule has 7 nitrogen and oxygen atoms in total. The van der Waals surface area contributed by atoms with Crippen LogP contribution in [0.5, 0.6) is 0 Å². The van der Waals surface area contributed by atoms with Gasteiger partial charge in [-0.05, 0) is 6.42 Å². The van der Waals surface area contributed by atoms with Gasteiger partial charge in [0.05, 0.1) is 5.69 Å². The van der Waals surface area contributed by atoms with Crippen molar-refractivity contribution in [3.63, 3.8) is 0 Å². The monoisotopic (exact) mass is 225 g/mol. The summed E-state index contributed by atoms with van der Waals surface area (Å²) in [5.41, 5.74) is 5.48. The van der Waals surface area contributed by atoms with Crippen molar-refractivity contribution in [3.8, 4) is 0 Å². The highest BCUT2D eigenvalue weighted by molar-refractivity contribution is 6.00. The lowest BCUT2D eigenvalue weighted by Crippen LogP contribution is -2.30. The van der Waals surface area contributed by atoms with Crippen LogP contribution < -0.4 is 16.4 Å². The first-order chi connectivity index (χ1) is 7.54. The number of nitrogens with zero attached hydrogens (tertiary/aromatic N) is 2. The molecule has 16 heavy (non-hydrogen) atoms. The van der Waals surface area contributed by atoms with E-state index in [-0.39, 0.29) is 11.7 Å². The minimum Gasteiger partial charge on any atom is -0.364 e. The van der Waals surface area contributed by atoms with Crippen LogP contribution in [0.3, 0.4) is 0 Å². The molecule has 0 aliphatic carbocycles. The van der Waals surface area contributed by atoms with Gasteiger partial charge in [-0.2, -0.15) is 5.10 Å². The average molecular weight is 225 g/mol. The second-order valence-electron chi connectivity index (χ2n) is 3.31. The third-order valence-electron chi connectivity index (χ3n) is 1.85. The number of hydrogen-bond acceptors (Lipinski definition) is 3. The van der Waals surface area contributed by atoms with Crippen molar-refractivity contribution in [1.29, 1.82) is 0 Å². The van der Waals surface area contributed by atoms with E-state index in [2.05, 4.69) is 15.7 Å². The van der Waals surface area contributed by atoms with Crippen molar-refractivity contribution in [3.05, 3.63) is 11.9 Å². The Balaban J connectivity index is 2.72. The molecule has 0 radical (unpaired) electrons. The Morgan fingerprint density at radius 3 is 2.81 bits per heavy atom. The van der Waals surface area contributed by atoms with Crippen LogP contribution >= 0.6 is 0 Å². The summed E-state index contributed by atoms with van der Waals surface area (Å²) in [7, 11) is 1.64. The molecule has 0 saturated carbocycles. The Labute approximate surface area is 93.0 Å². The first kappa shape index (κ1) is 12.0. The number of urea groups is 1. The standard InChI is InChI=1S/C9H15N5O2/c1-3-4-11-9(16)12-6-5-14(2)13-7(6)8(10)15/h5H,3-4H2,1-2H3,(H2,10,15)(H2,11,12,16). The number of nitrogens with one attached hydrogen (secondary N) is 2. The molecule has 1 aromatic heterocycles. The van der Waals surface area contributed by atoms with Crippen molar-refractivity contribution < 1.29 is 9.59 Å². The summed E-state index contributed by atoms with van der Waals surface area (Å²) in [5, 5.41) is 8.97. The summed E-state index contributed by atoms with van der Waals surface area (Å²) in [6.07, 6.45) is 2.36. The summed E-state index contributed by atoms with van der Waals surface area (Å²) in [6.45, 7) is 2.51. The van der Waals surface area contributed by atoms with Crippen LogP contribution in [0.4, 0.5) is 10.5 Å². The van der Waals surface area contributed by atoms with E-state index in [0.29, 0.717) is 12.2 Å². The van der Waals surface area contributed by atoms with Gasteiger partial charge in [0.25, 0.3) is 5.91 Å². The van der Waals surface area contributed by atoms with Crippen molar-refractivity contribution in [1.82, 2.24) is 15.1 Å². The van der Waals surface area contributed by atoms with Gasteiger partial charge in [-0.3, -0.25) is 9.48 Å². The molecule has 0 aliphatic heterocycles. The molecular weight excluding hydrogens is 210 g/mol. The largest absolute Gasteiger partial charge is 0.364 e. The molecule has 0 spiro atoms. The summed E-state index contributed by atoms with van der Waals surface area (Å²) in [5.74, 6) is -0.675. The minimum atomic E-state index is -0.675. The van der Waals surface area contributed by atoms with E-state index in [9.17, 15) is 9.59 Å². The highest BCUT2D eigenvalue weighted by Gasteiger charge is 2.14. The first-order valence-corrected chi connectivity index (χ1v) is 4.93. The minimum absolute atomic E-state index is 0.0501. The smallest absolute Gasteiger partial charge is 0.319 e. The summed E-state index contributed by atoms with van der Waals surface area (Å²) in [6, 6.07) is -0.377. The zero-order valence-electron chi connectivity index (χ0n) is 9.28. The topological polar surface area (TPSA) is 102 Å². The van der Waals surface area contributed by atoms with Crippen LogP contribution in [-0.2, 0) is 7.05 Å². The molecule has 88 valence electrons. The number of aryl methyl sites for hydroxylation is 1. The van der Waals surface area contributed by atoms with Crippen LogP contribution in [0.2, 0.25) is 0 Å². The quantitative estimate of drug-likeness (QED) is 0.674. The van der Waals surface area contributed by atoms with E-state index in [1.165, 1.54) is 10.9 Å². The molecule has 1 heterocycles. The Hall–Kier alpha value is -2.05. The molecule has 0 aromatic carbocycles. The maximum atomic E-state index is 11.3. The lowest BCUT2D eigenvalue weighted by Gasteiger charge is -2.04. The van der Waals surface area contributed by atoms with Gasteiger partial charge in [-0.25, -0.2) is 4.79 Å². The Bertz CT molecular complexity index is 399. The molecule has 1 aromatic rings. The third kappa shape index (κ3) is 2.97. The highest BCUT2D eigenvalue weighted by atomic mass is 16.2. The Kier molecular flexibility index (Phi) is 3.87. The summed E-state index contributed by atoms with van der Waals surface area (Å²) < 4.78 is 1.41. The van der Waals surface area contributed by atoms with E-state index in [0.717, 1.165) is 6.42 Å². The van der Waals surface area contributed by atoms with Crippen LogP contribution in [0.1, 0.15) is 23.8 Å². The fourth-order valence-corrected chi connectivity index (χ4v) is 1.17. The van der Waals surface area contributed by atoms with Gasteiger partial charge >= 0.3 is 6.03 Å². The molecule has 0 aliphatic rings. The third-order valence-corrected chi connectivity index (χ3v) is 1.85. The Morgan fingerprint density at radius 1 is 1.56 bits per heavy atom. The van der Waals surface area contributed by atoms with Crippen LogP contribution in [0.15, 0.2) is 6.20 Å². The average Bonchev–Trinajstić information content (AvgIpc) is 2.56. The number of hydrogen-bond donors (Lipinski definition) is 3. The zero-order valence-corrected chi connectivity index (χ0v) is 9.28. The number of nitrogens with two attached hydrogens (primary N) is 1. The van der Waals surface area contributed by atoms with Gasteiger partial charge in [-0.1, -0.05) is 6.92 Å².